The number of rotatable bonds is 6. The molecule has 2 aromatic heterocycles. The van der Waals surface area contributed by atoms with Crippen LogP contribution < -0.4 is 5.32 Å². The standard InChI is InChI=1S/C18H18N6O2/c1-26-9-8-23-17-10-14(7-6-13(17)11-19-23)20-18(25)12-24-16-5-3-2-4-15(16)21-22-24/h2-7,10-11H,8-9,12H2,1H3,(H,20,25). The Morgan fingerprint density at radius 2 is 2.04 bits per heavy atom. The molecule has 1 amide bonds. The van der Waals surface area contributed by atoms with E-state index in [1.54, 1.807) is 18.0 Å². The van der Waals surface area contributed by atoms with Crippen LogP contribution in [0.15, 0.2) is 48.7 Å². The highest BCUT2D eigenvalue weighted by Gasteiger charge is 2.10. The van der Waals surface area contributed by atoms with Gasteiger partial charge in [0, 0.05) is 18.2 Å². The van der Waals surface area contributed by atoms with Crippen molar-refractivity contribution in [3.8, 4) is 0 Å². The first-order chi connectivity index (χ1) is 12.7. The average molecular weight is 350 g/mol. The molecule has 26 heavy (non-hydrogen) atoms. The van der Waals surface area contributed by atoms with Crippen LogP contribution in [-0.4, -0.2) is 44.4 Å². The van der Waals surface area contributed by atoms with E-state index < -0.39 is 0 Å². The van der Waals surface area contributed by atoms with Crippen molar-refractivity contribution in [3.05, 3.63) is 48.7 Å². The Morgan fingerprint density at radius 1 is 1.15 bits per heavy atom. The number of hydrogen-bond donors (Lipinski definition) is 1. The molecular formula is C18H18N6O2. The van der Waals surface area contributed by atoms with Gasteiger partial charge in [0.1, 0.15) is 12.1 Å². The molecule has 0 saturated carbocycles. The first-order valence-electron chi connectivity index (χ1n) is 8.27. The van der Waals surface area contributed by atoms with E-state index >= 15 is 0 Å². The molecule has 2 aromatic carbocycles. The molecule has 0 radical (unpaired) electrons. The highest BCUT2D eigenvalue weighted by Crippen LogP contribution is 2.19. The van der Waals surface area contributed by atoms with Gasteiger partial charge in [-0.15, -0.1) is 5.10 Å². The lowest BCUT2D eigenvalue weighted by atomic mass is 10.2. The molecule has 8 nitrogen and oxygen atoms in total. The third-order valence-corrected chi connectivity index (χ3v) is 4.15. The second-order valence-electron chi connectivity index (χ2n) is 5.92. The number of nitrogens with one attached hydrogen (secondary N) is 1. The van der Waals surface area contributed by atoms with Crippen LogP contribution in [0.25, 0.3) is 21.9 Å². The molecule has 0 spiro atoms. The van der Waals surface area contributed by atoms with Gasteiger partial charge in [0.25, 0.3) is 0 Å². The van der Waals surface area contributed by atoms with Crippen LogP contribution >= 0.6 is 0 Å². The van der Waals surface area contributed by atoms with Gasteiger partial charge < -0.3 is 10.1 Å². The summed E-state index contributed by atoms with van der Waals surface area (Å²) < 4.78 is 8.56. The van der Waals surface area contributed by atoms with E-state index in [1.165, 1.54) is 0 Å². The van der Waals surface area contributed by atoms with Crippen molar-refractivity contribution in [2.75, 3.05) is 19.0 Å². The fourth-order valence-corrected chi connectivity index (χ4v) is 2.87. The monoisotopic (exact) mass is 350 g/mol. The summed E-state index contributed by atoms with van der Waals surface area (Å²) in [6, 6.07) is 13.3. The number of benzene rings is 2. The van der Waals surface area contributed by atoms with Gasteiger partial charge in [-0.1, -0.05) is 17.3 Å². The summed E-state index contributed by atoms with van der Waals surface area (Å²) in [7, 11) is 1.66. The molecule has 0 aliphatic rings. The molecule has 4 rings (SSSR count). The Labute approximate surface area is 149 Å². The number of methoxy groups -OCH3 is 1. The molecule has 8 heteroatoms. The quantitative estimate of drug-likeness (QED) is 0.575. The maximum Gasteiger partial charge on any atom is 0.246 e. The molecule has 0 atom stereocenters. The molecule has 132 valence electrons. The van der Waals surface area contributed by atoms with Crippen LogP contribution in [0.1, 0.15) is 0 Å². The third-order valence-electron chi connectivity index (χ3n) is 4.15. The topological polar surface area (TPSA) is 86.9 Å². The lowest BCUT2D eigenvalue weighted by Gasteiger charge is -2.07. The van der Waals surface area contributed by atoms with Crippen LogP contribution in [0.4, 0.5) is 5.69 Å². The summed E-state index contributed by atoms with van der Waals surface area (Å²) in [5.41, 5.74) is 3.26. The third kappa shape index (κ3) is 3.14. The van der Waals surface area contributed by atoms with Crippen LogP contribution in [0.2, 0.25) is 0 Å². The molecular weight excluding hydrogens is 332 g/mol. The molecule has 0 aliphatic carbocycles. The summed E-state index contributed by atoms with van der Waals surface area (Å²) >= 11 is 0. The molecule has 0 bridgehead atoms. The van der Waals surface area contributed by atoms with Crippen molar-refractivity contribution >= 4 is 33.5 Å². The number of fused-ring (bicyclic) bond motifs is 2. The Kier molecular flexibility index (Phi) is 4.32. The van der Waals surface area contributed by atoms with Gasteiger partial charge in [-0.25, -0.2) is 4.68 Å². The van der Waals surface area contributed by atoms with Crippen LogP contribution in [-0.2, 0) is 22.6 Å². The Morgan fingerprint density at radius 3 is 2.92 bits per heavy atom. The van der Waals surface area contributed by atoms with Crippen molar-refractivity contribution < 1.29 is 9.53 Å². The number of carbonyl (C=O) groups excluding carboxylic acids is 1. The van der Waals surface area contributed by atoms with E-state index in [9.17, 15) is 4.79 Å². The minimum absolute atomic E-state index is 0.0987. The van der Waals surface area contributed by atoms with E-state index in [2.05, 4.69) is 20.7 Å². The van der Waals surface area contributed by atoms with Crippen LogP contribution in [0.5, 0.6) is 0 Å². The van der Waals surface area contributed by atoms with Gasteiger partial charge in [0.05, 0.1) is 30.4 Å². The lowest BCUT2D eigenvalue weighted by molar-refractivity contribution is -0.116. The summed E-state index contributed by atoms with van der Waals surface area (Å²) in [6.07, 6.45) is 1.80. The largest absolute Gasteiger partial charge is 0.383 e. The Bertz CT molecular complexity index is 1070. The zero-order valence-corrected chi connectivity index (χ0v) is 14.3. The highest BCUT2D eigenvalue weighted by molar-refractivity contribution is 5.94. The normalized spacial score (nSPS) is 11.3. The first kappa shape index (κ1) is 16.2. The number of para-hydroxylation sites is 1. The van der Waals surface area contributed by atoms with Crippen molar-refractivity contribution in [1.29, 1.82) is 0 Å². The van der Waals surface area contributed by atoms with Gasteiger partial charge in [0.2, 0.25) is 5.91 Å². The Hall–Kier alpha value is -3.26. The fraction of sp³-hybridized carbons (Fsp3) is 0.222. The van der Waals surface area contributed by atoms with Crippen LogP contribution in [0, 0.1) is 0 Å². The van der Waals surface area contributed by atoms with Crippen molar-refractivity contribution in [2.24, 2.45) is 0 Å². The molecule has 4 aromatic rings. The Balaban J connectivity index is 1.52. The maximum atomic E-state index is 12.4. The summed E-state index contributed by atoms with van der Waals surface area (Å²) in [4.78, 5) is 12.4. The average Bonchev–Trinajstić information content (AvgIpc) is 3.24. The number of carbonyl (C=O) groups is 1. The van der Waals surface area contributed by atoms with E-state index in [0.29, 0.717) is 18.8 Å². The highest BCUT2D eigenvalue weighted by atomic mass is 16.5. The molecule has 1 N–H and O–H groups in total. The van der Waals surface area contributed by atoms with Gasteiger partial charge >= 0.3 is 0 Å². The maximum absolute atomic E-state index is 12.4. The van der Waals surface area contributed by atoms with Crippen molar-refractivity contribution in [1.82, 2.24) is 24.8 Å². The minimum atomic E-state index is -0.164. The number of hydrogen-bond acceptors (Lipinski definition) is 5. The first-order valence-corrected chi connectivity index (χ1v) is 8.27. The number of nitrogens with zero attached hydrogens (tertiary/aromatic N) is 5. The minimum Gasteiger partial charge on any atom is -0.383 e. The van der Waals surface area contributed by atoms with Crippen molar-refractivity contribution in [3.63, 3.8) is 0 Å². The molecule has 0 saturated heterocycles. The zero-order chi connectivity index (χ0) is 17.9. The van der Waals surface area contributed by atoms with Crippen LogP contribution in [0.3, 0.4) is 0 Å². The number of ether oxygens (including phenoxy) is 1. The van der Waals surface area contributed by atoms with Gasteiger partial charge in [0.15, 0.2) is 0 Å². The van der Waals surface area contributed by atoms with E-state index in [0.717, 1.165) is 21.9 Å². The number of aromatic nitrogens is 5. The summed E-state index contributed by atoms with van der Waals surface area (Å²) in [6.45, 7) is 1.33. The van der Waals surface area contributed by atoms with Gasteiger partial charge in [-0.05, 0) is 30.3 Å². The predicted octanol–water partition coefficient (Wildman–Crippen LogP) is 2.07. The second kappa shape index (κ2) is 6.93. The molecule has 0 unspecified atom stereocenters. The SMILES string of the molecule is COCCn1ncc2ccc(NC(=O)Cn3nnc4ccccc43)cc21. The van der Waals surface area contributed by atoms with E-state index in [-0.39, 0.29) is 12.5 Å². The zero-order valence-electron chi connectivity index (χ0n) is 14.3. The van der Waals surface area contributed by atoms with E-state index in [1.807, 2.05) is 47.1 Å². The van der Waals surface area contributed by atoms with Gasteiger partial charge in [-0.2, -0.15) is 5.10 Å². The predicted molar refractivity (Wildman–Crippen MR) is 97.8 cm³/mol. The molecule has 0 fully saturated rings. The smallest absolute Gasteiger partial charge is 0.246 e. The lowest BCUT2D eigenvalue weighted by Crippen LogP contribution is -2.19. The number of anilines is 1. The summed E-state index contributed by atoms with van der Waals surface area (Å²) in [5, 5.41) is 16.4. The summed E-state index contributed by atoms with van der Waals surface area (Å²) in [5.74, 6) is -0.164. The molecule has 0 aliphatic heterocycles. The van der Waals surface area contributed by atoms with Gasteiger partial charge in [-0.3, -0.25) is 9.48 Å². The molecule has 2 heterocycles. The second-order valence-corrected chi connectivity index (χ2v) is 5.92. The fourth-order valence-electron chi connectivity index (χ4n) is 2.87. The van der Waals surface area contributed by atoms with E-state index in [4.69, 9.17) is 4.74 Å². The van der Waals surface area contributed by atoms with Crippen molar-refractivity contribution in [2.45, 2.75) is 13.1 Å². The number of amides is 1.